The lowest BCUT2D eigenvalue weighted by Crippen LogP contribution is -2.45. The number of nitrogens with one attached hydrogen (secondary N) is 1. The van der Waals surface area contributed by atoms with Crippen LogP contribution in [0.25, 0.3) is 0 Å². The quantitative estimate of drug-likeness (QED) is 0.432. The summed E-state index contributed by atoms with van der Waals surface area (Å²) in [6, 6.07) is 0. The Kier molecular flexibility index (Phi) is 3.55. The molecule has 6 nitrogen and oxygen atoms in total. The normalized spacial score (nSPS) is 41.7. The van der Waals surface area contributed by atoms with Gasteiger partial charge in [0.15, 0.2) is 0 Å². The number of carbonyl (C=O) groups is 1. The summed E-state index contributed by atoms with van der Waals surface area (Å²) < 4.78 is 5.34. The van der Waals surface area contributed by atoms with Gasteiger partial charge in [-0.25, -0.2) is 0 Å². The Labute approximate surface area is 103 Å². The molecule has 1 unspecified atom stereocenters. The molecule has 1 amide bonds. The van der Waals surface area contributed by atoms with Crippen LogP contribution in [0.5, 0.6) is 0 Å². The maximum absolute atomic E-state index is 11.0. The molecule has 0 aromatic carbocycles. The van der Waals surface area contributed by atoms with E-state index in [1.807, 2.05) is 0 Å². The first-order valence-electron chi connectivity index (χ1n) is 5.20. The van der Waals surface area contributed by atoms with Gasteiger partial charge in [-0.1, -0.05) is 18.3 Å². The van der Waals surface area contributed by atoms with Gasteiger partial charge in [0.2, 0.25) is 5.91 Å². The zero-order valence-corrected chi connectivity index (χ0v) is 9.63. The molecule has 1 saturated heterocycles. The average Bonchev–Trinajstić information content (AvgIpc) is 2.57. The molecular weight excluding hydrogens is 246 g/mol. The van der Waals surface area contributed by atoms with Crippen molar-refractivity contribution >= 4 is 23.1 Å². The second kappa shape index (κ2) is 4.79. The molecule has 1 fully saturated rings. The lowest BCUT2D eigenvalue weighted by atomic mass is 9.94. The Hall–Kier alpha value is -0.860. The molecule has 94 valence electrons. The van der Waals surface area contributed by atoms with Crippen LogP contribution < -0.4 is 5.32 Å². The largest absolute Gasteiger partial charge is 0.394 e. The summed E-state index contributed by atoms with van der Waals surface area (Å²) in [5, 5.41) is 30.8. The molecule has 0 spiro atoms. The fraction of sp³-hybridized carbons (Fsp3) is 0.600. The first-order valence-corrected chi connectivity index (χ1v) is 5.61. The Morgan fingerprint density at radius 1 is 1.41 bits per heavy atom. The van der Waals surface area contributed by atoms with Gasteiger partial charge in [-0.05, 0) is 0 Å². The van der Waals surface area contributed by atoms with Gasteiger partial charge in [-0.3, -0.25) is 4.79 Å². The van der Waals surface area contributed by atoms with Crippen LogP contribution in [0.15, 0.2) is 12.2 Å². The molecule has 17 heavy (non-hydrogen) atoms. The van der Waals surface area contributed by atoms with Crippen molar-refractivity contribution in [3.8, 4) is 0 Å². The predicted octanol–water partition coefficient (Wildman–Crippen LogP) is -1.90. The van der Waals surface area contributed by atoms with Crippen LogP contribution in [0.4, 0.5) is 0 Å². The summed E-state index contributed by atoms with van der Waals surface area (Å²) in [7, 11) is 0. The standard InChI is InChI=1S/C10H13NO5S/c12-3-5-7(14)8(15)9(16-5)4-1-2-6(13)11-10(4)17/h1-2,4-5,7-9,12,14-15H,3H2,(H,11,13,17)/t4?,5-,7-,8-,9+/m1/s1. The van der Waals surface area contributed by atoms with Crippen molar-refractivity contribution in [1.29, 1.82) is 0 Å². The molecule has 7 heteroatoms. The van der Waals surface area contributed by atoms with Gasteiger partial charge in [-0.2, -0.15) is 0 Å². The fourth-order valence-corrected chi connectivity index (χ4v) is 2.32. The van der Waals surface area contributed by atoms with E-state index in [1.54, 1.807) is 0 Å². The van der Waals surface area contributed by atoms with Gasteiger partial charge in [0.1, 0.15) is 18.3 Å². The Balaban J connectivity index is 2.16. The van der Waals surface area contributed by atoms with E-state index in [4.69, 9.17) is 22.1 Å². The van der Waals surface area contributed by atoms with Crippen LogP contribution in [-0.2, 0) is 9.53 Å². The minimum absolute atomic E-state index is 0.243. The molecule has 2 heterocycles. The number of thiocarbonyl (C=S) groups is 1. The van der Waals surface area contributed by atoms with E-state index in [-0.39, 0.29) is 17.5 Å². The summed E-state index contributed by atoms with van der Waals surface area (Å²) in [5.41, 5.74) is 0. The molecule has 0 bridgehead atoms. The van der Waals surface area contributed by atoms with Gasteiger partial charge < -0.3 is 25.4 Å². The van der Waals surface area contributed by atoms with E-state index in [0.29, 0.717) is 0 Å². The minimum atomic E-state index is -1.15. The highest BCUT2D eigenvalue weighted by Crippen LogP contribution is 2.28. The van der Waals surface area contributed by atoms with Crippen molar-refractivity contribution in [3.63, 3.8) is 0 Å². The monoisotopic (exact) mass is 259 g/mol. The fourth-order valence-electron chi connectivity index (χ4n) is 2.01. The molecule has 0 aromatic rings. The van der Waals surface area contributed by atoms with Crippen LogP contribution in [-0.4, -0.2) is 57.2 Å². The number of carbonyl (C=O) groups excluding carboxylic acids is 1. The number of amides is 1. The maximum Gasteiger partial charge on any atom is 0.248 e. The third-order valence-corrected chi connectivity index (χ3v) is 3.31. The molecule has 0 aliphatic carbocycles. The van der Waals surface area contributed by atoms with Gasteiger partial charge in [-0.15, -0.1) is 0 Å². The zero-order valence-electron chi connectivity index (χ0n) is 8.81. The highest BCUT2D eigenvalue weighted by atomic mass is 32.1. The highest BCUT2D eigenvalue weighted by Gasteiger charge is 2.46. The second-order valence-electron chi connectivity index (χ2n) is 4.04. The predicted molar refractivity (Wildman–Crippen MR) is 61.1 cm³/mol. The molecule has 5 atom stereocenters. The number of aliphatic hydroxyl groups excluding tert-OH is 3. The third-order valence-electron chi connectivity index (χ3n) is 2.94. The maximum atomic E-state index is 11.0. The van der Waals surface area contributed by atoms with Crippen molar-refractivity contribution in [3.05, 3.63) is 12.2 Å². The van der Waals surface area contributed by atoms with Crippen molar-refractivity contribution in [1.82, 2.24) is 5.32 Å². The van der Waals surface area contributed by atoms with Crippen molar-refractivity contribution in [2.45, 2.75) is 24.4 Å². The molecule has 2 aliphatic rings. The first-order chi connectivity index (χ1) is 8.04. The van der Waals surface area contributed by atoms with Gasteiger partial charge >= 0.3 is 0 Å². The van der Waals surface area contributed by atoms with Crippen LogP contribution >= 0.6 is 12.2 Å². The van der Waals surface area contributed by atoms with E-state index < -0.39 is 30.3 Å². The summed E-state index contributed by atoms with van der Waals surface area (Å²) in [6.07, 6.45) is -1.06. The molecule has 2 aliphatic heterocycles. The van der Waals surface area contributed by atoms with Gasteiger partial charge in [0.25, 0.3) is 0 Å². The molecular formula is C10H13NO5S. The topological polar surface area (TPSA) is 99.0 Å². The molecule has 2 rings (SSSR count). The lowest BCUT2D eigenvalue weighted by Gasteiger charge is -2.26. The Morgan fingerprint density at radius 3 is 2.65 bits per heavy atom. The summed E-state index contributed by atoms with van der Waals surface area (Å²) in [6.45, 7) is -0.385. The Bertz CT molecular complexity index is 372. The SMILES string of the molecule is O=C1C=CC([C@@H]2O[C@H](CO)[C@@H](O)[C@H]2O)C(=S)N1. The van der Waals surface area contributed by atoms with Gasteiger partial charge in [0.05, 0.1) is 23.6 Å². The summed E-state index contributed by atoms with van der Waals surface area (Å²) >= 11 is 4.99. The van der Waals surface area contributed by atoms with E-state index >= 15 is 0 Å². The number of ether oxygens (including phenoxy) is 1. The van der Waals surface area contributed by atoms with Crippen LogP contribution in [0.1, 0.15) is 0 Å². The summed E-state index contributed by atoms with van der Waals surface area (Å²) in [4.78, 5) is 11.3. The van der Waals surface area contributed by atoms with E-state index in [2.05, 4.69) is 5.32 Å². The van der Waals surface area contributed by atoms with E-state index in [1.165, 1.54) is 12.2 Å². The number of hydrogen-bond acceptors (Lipinski definition) is 6. The van der Waals surface area contributed by atoms with Gasteiger partial charge in [0, 0.05) is 6.08 Å². The van der Waals surface area contributed by atoms with Crippen LogP contribution in [0, 0.1) is 5.92 Å². The van der Waals surface area contributed by atoms with Crippen LogP contribution in [0.3, 0.4) is 0 Å². The molecule has 0 radical (unpaired) electrons. The highest BCUT2D eigenvalue weighted by molar-refractivity contribution is 7.80. The molecule has 0 aromatic heterocycles. The van der Waals surface area contributed by atoms with Crippen molar-refractivity contribution in [2.24, 2.45) is 5.92 Å². The minimum Gasteiger partial charge on any atom is -0.394 e. The van der Waals surface area contributed by atoms with Crippen molar-refractivity contribution < 1.29 is 24.9 Å². The van der Waals surface area contributed by atoms with Crippen LogP contribution in [0.2, 0.25) is 0 Å². The van der Waals surface area contributed by atoms with E-state index in [0.717, 1.165) is 0 Å². The van der Waals surface area contributed by atoms with Crippen molar-refractivity contribution in [2.75, 3.05) is 6.61 Å². The number of rotatable bonds is 2. The summed E-state index contributed by atoms with van der Waals surface area (Å²) in [5.74, 6) is -0.804. The zero-order chi connectivity index (χ0) is 12.6. The number of aliphatic hydroxyl groups is 3. The molecule has 4 N–H and O–H groups in total. The third kappa shape index (κ3) is 2.24. The smallest absolute Gasteiger partial charge is 0.248 e. The second-order valence-corrected chi connectivity index (χ2v) is 4.48. The Morgan fingerprint density at radius 2 is 2.12 bits per heavy atom. The molecule has 0 saturated carbocycles. The van der Waals surface area contributed by atoms with E-state index in [9.17, 15) is 15.0 Å². The first kappa shape index (κ1) is 12.6. The average molecular weight is 259 g/mol. The number of hydrogen-bond donors (Lipinski definition) is 4. The lowest BCUT2D eigenvalue weighted by molar-refractivity contribution is -0.115.